The third kappa shape index (κ3) is 1.92. The molecule has 0 unspecified atom stereocenters. The molecule has 0 aliphatic heterocycles. The summed E-state index contributed by atoms with van der Waals surface area (Å²) in [6.45, 7) is 2.12. The molecule has 1 aromatic rings. The standard InChI is InChI=1S/C18H21IO3/c1-18-5-4-10-11-8-13(19)14(20)6-9(11)7-15(21)17(10)12(18)2-3-16(18)22/h6,8,10,12,15,17,20-21H,2-5,7H2,1H3/t10-,12+,15+,17-,18+/m1/s1. The Labute approximate surface area is 144 Å². The van der Waals surface area contributed by atoms with Crippen molar-refractivity contribution in [1.82, 2.24) is 0 Å². The summed E-state index contributed by atoms with van der Waals surface area (Å²) in [7, 11) is 0. The maximum atomic E-state index is 12.3. The second kappa shape index (κ2) is 4.94. The minimum atomic E-state index is -0.396. The number of hydrogen-bond donors (Lipinski definition) is 2. The highest BCUT2D eigenvalue weighted by atomic mass is 127. The van der Waals surface area contributed by atoms with Crippen molar-refractivity contribution in [3.63, 3.8) is 0 Å². The monoisotopic (exact) mass is 412 g/mol. The van der Waals surface area contributed by atoms with Crippen molar-refractivity contribution in [2.75, 3.05) is 0 Å². The molecular weight excluding hydrogens is 391 g/mol. The first kappa shape index (κ1) is 14.9. The number of Topliss-reactive ketones (excluding diaryl/α,β-unsaturated/α-hetero) is 1. The Morgan fingerprint density at radius 2 is 2.09 bits per heavy atom. The van der Waals surface area contributed by atoms with E-state index in [1.54, 1.807) is 0 Å². The number of aliphatic hydroxyl groups is 1. The average Bonchev–Trinajstić information content (AvgIpc) is 2.77. The van der Waals surface area contributed by atoms with Crippen LogP contribution in [0.4, 0.5) is 0 Å². The van der Waals surface area contributed by atoms with Gasteiger partial charge in [-0.1, -0.05) is 6.92 Å². The molecule has 118 valence electrons. The number of carbonyl (C=O) groups is 1. The van der Waals surface area contributed by atoms with Crippen LogP contribution in [0.3, 0.4) is 0 Å². The van der Waals surface area contributed by atoms with E-state index in [-0.39, 0.29) is 11.3 Å². The van der Waals surface area contributed by atoms with Crippen LogP contribution in [0.15, 0.2) is 12.1 Å². The second-order valence-corrected chi connectivity index (χ2v) is 8.64. The van der Waals surface area contributed by atoms with Gasteiger partial charge in [0.05, 0.1) is 9.67 Å². The van der Waals surface area contributed by atoms with E-state index in [1.807, 2.05) is 6.07 Å². The number of benzene rings is 1. The van der Waals surface area contributed by atoms with Crippen molar-refractivity contribution in [1.29, 1.82) is 0 Å². The number of phenols is 1. The lowest BCUT2D eigenvalue weighted by Gasteiger charge is -2.50. The molecule has 0 heterocycles. The highest BCUT2D eigenvalue weighted by Gasteiger charge is 2.56. The van der Waals surface area contributed by atoms with Crippen LogP contribution in [0.1, 0.15) is 49.7 Å². The van der Waals surface area contributed by atoms with Gasteiger partial charge in [-0.25, -0.2) is 0 Å². The highest BCUT2D eigenvalue weighted by Crippen LogP contribution is 2.59. The summed E-state index contributed by atoms with van der Waals surface area (Å²) in [5.41, 5.74) is 2.16. The molecule has 3 aliphatic carbocycles. The van der Waals surface area contributed by atoms with E-state index in [0.717, 1.165) is 28.4 Å². The van der Waals surface area contributed by atoms with Crippen molar-refractivity contribution in [3.05, 3.63) is 26.8 Å². The topological polar surface area (TPSA) is 57.5 Å². The summed E-state index contributed by atoms with van der Waals surface area (Å²) in [4.78, 5) is 12.3. The van der Waals surface area contributed by atoms with Gasteiger partial charge in [-0.15, -0.1) is 0 Å². The fraction of sp³-hybridized carbons (Fsp3) is 0.611. The van der Waals surface area contributed by atoms with Crippen molar-refractivity contribution in [3.8, 4) is 5.75 Å². The molecule has 3 aliphatic rings. The number of halogens is 1. The summed E-state index contributed by atoms with van der Waals surface area (Å²) < 4.78 is 0.877. The zero-order chi connectivity index (χ0) is 15.6. The molecule has 0 bridgehead atoms. The van der Waals surface area contributed by atoms with Gasteiger partial charge in [0.2, 0.25) is 0 Å². The van der Waals surface area contributed by atoms with Crippen molar-refractivity contribution in [2.24, 2.45) is 17.3 Å². The number of ketones is 1. The normalized spacial score (nSPS) is 40.0. The average molecular weight is 412 g/mol. The van der Waals surface area contributed by atoms with Gasteiger partial charge >= 0.3 is 0 Å². The molecule has 22 heavy (non-hydrogen) atoms. The predicted octanol–water partition coefficient (Wildman–Crippen LogP) is 3.39. The van der Waals surface area contributed by atoms with Crippen molar-refractivity contribution >= 4 is 28.4 Å². The zero-order valence-corrected chi connectivity index (χ0v) is 14.8. The van der Waals surface area contributed by atoms with Gasteiger partial charge in [0, 0.05) is 11.8 Å². The molecule has 5 atom stereocenters. The first-order valence-electron chi connectivity index (χ1n) is 8.14. The summed E-state index contributed by atoms with van der Waals surface area (Å²) in [5, 5.41) is 20.7. The maximum Gasteiger partial charge on any atom is 0.139 e. The molecule has 1 aromatic carbocycles. The van der Waals surface area contributed by atoms with Crippen LogP contribution in [0.25, 0.3) is 0 Å². The van der Waals surface area contributed by atoms with E-state index in [2.05, 4.69) is 35.6 Å². The summed E-state index contributed by atoms with van der Waals surface area (Å²) >= 11 is 2.17. The largest absolute Gasteiger partial charge is 0.507 e. The Hall–Kier alpha value is -0.620. The van der Waals surface area contributed by atoms with Crippen LogP contribution in [-0.4, -0.2) is 22.1 Å². The van der Waals surface area contributed by atoms with Crippen LogP contribution >= 0.6 is 22.6 Å². The lowest BCUT2D eigenvalue weighted by atomic mass is 9.55. The maximum absolute atomic E-state index is 12.3. The Morgan fingerprint density at radius 1 is 1.32 bits per heavy atom. The van der Waals surface area contributed by atoms with Gasteiger partial charge in [0.1, 0.15) is 11.5 Å². The molecule has 2 fully saturated rings. The Bertz CT molecular complexity index is 656. The fourth-order valence-electron chi connectivity index (χ4n) is 5.37. The summed E-state index contributed by atoms with van der Waals surface area (Å²) in [6, 6.07) is 3.92. The molecule has 0 spiro atoms. The molecule has 2 N–H and O–H groups in total. The minimum Gasteiger partial charge on any atom is -0.507 e. The van der Waals surface area contributed by atoms with Gasteiger partial charge in [0.25, 0.3) is 0 Å². The van der Waals surface area contributed by atoms with Gasteiger partial charge in [-0.2, -0.15) is 0 Å². The van der Waals surface area contributed by atoms with Gasteiger partial charge in [-0.05, 0) is 89.3 Å². The third-order valence-corrected chi connectivity index (χ3v) is 7.39. The van der Waals surface area contributed by atoms with Crippen LogP contribution in [0.5, 0.6) is 5.75 Å². The fourth-order valence-corrected chi connectivity index (χ4v) is 5.86. The van der Waals surface area contributed by atoms with Crippen molar-refractivity contribution in [2.45, 2.75) is 51.0 Å². The second-order valence-electron chi connectivity index (χ2n) is 7.48. The summed E-state index contributed by atoms with van der Waals surface area (Å²) in [5.74, 6) is 1.54. The number of fused-ring (bicyclic) bond motifs is 5. The molecule has 2 saturated carbocycles. The molecule has 0 radical (unpaired) electrons. The molecule has 3 nitrogen and oxygen atoms in total. The number of aliphatic hydroxyl groups excluding tert-OH is 1. The Kier molecular flexibility index (Phi) is 3.35. The first-order valence-corrected chi connectivity index (χ1v) is 9.22. The van der Waals surface area contributed by atoms with E-state index in [0.29, 0.717) is 36.2 Å². The molecule has 0 aromatic heterocycles. The SMILES string of the molecule is C[C@]12CC[C@@H]3c4cc(I)c(O)cc4C[C@H](O)[C@H]3[C@@H]1CCC2=O. The number of phenolic OH excluding ortho intramolecular Hbond substituents is 1. The summed E-state index contributed by atoms with van der Waals surface area (Å²) in [6.07, 6.45) is 3.71. The highest BCUT2D eigenvalue weighted by molar-refractivity contribution is 14.1. The molecule has 0 saturated heterocycles. The molecule has 4 rings (SSSR count). The number of aromatic hydroxyl groups is 1. The smallest absolute Gasteiger partial charge is 0.139 e. The van der Waals surface area contributed by atoms with Crippen LogP contribution in [-0.2, 0) is 11.2 Å². The number of rotatable bonds is 0. The predicted molar refractivity (Wildman–Crippen MR) is 91.8 cm³/mol. The first-order chi connectivity index (χ1) is 10.4. The molecule has 0 amide bonds. The van der Waals surface area contributed by atoms with Crippen molar-refractivity contribution < 1.29 is 15.0 Å². The van der Waals surface area contributed by atoms with Gasteiger partial charge in [0.15, 0.2) is 0 Å². The van der Waals surface area contributed by atoms with Gasteiger partial charge in [-0.3, -0.25) is 4.79 Å². The zero-order valence-electron chi connectivity index (χ0n) is 12.7. The van der Waals surface area contributed by atoms with Crippen LogP contribution in [0, 0.1) is 20.8 Å². The molecule has 4 heteroatoms. The van der Waals surface area contributed by atoms with Crippen LogP contribution in [0.2, 0.25) is 0 Å². The lowest BCUT2D eigenvalue weighted by Crippen LogP contribution is -2.48. The van der Waals surface area contributed by atoms with E-state index in [4.69, 9.17) is 0 Å². The Balaban J connectivity index is 1.79. The van der Waals surface area contributed by atoms with E-state index in [9.17, 15) is 15.0 Å². The van der Waals surface area contributed by atoms with E-state index in [1.165, 1.54) is 5.56 Å². The number of carbonyl (C=O) groups excluding carboxylic acids is 1. The lowest BCUT2D eigenvalue weighted by molar-refractivity contribution is -0.131. The molecular formula is C18H21IO3. The van der Waals surface area contributed by atoms with E-state index < -0.39 is 6.10 Å². The Morgan fingerprint density at radius 3 is 2.86 bits per heavy atom. The van der Waals surface area contributed by atoms with Gasteiger partial charge < -0.3 is 10.2 Å². The minimum absolute atomic E-state index is 0.193. The number of hydrogen-bond acceptors (Lipinski definition) is 3. The quantitative estimate of drug-likeness (QED) is 0.643. The van der Waals surface area contributed by atoms with Crippen LogP contribution < -0.4 is 0 Å². The third-order valence-electron chi connectivity index (χ3n) is 6.52. The van der Waals surface area contributed by atoms with E-state index >= 15 is 0 Å².